The van der Waals surface area contributed by atoms with E-state index in [4.69, 9.17) is 0 Å². The Morgan fingerprint density at radius 3 is 2.86 bits per heavy atom. The summed E-state index contributed by atoms with van der Waals surface area (Å²) in [6, 6.07) is 13.0. The van der Waals surface area contributed by atoms with Crippen LogP contribution in [0.2, 0.25) is 0 Å². The van der Waals surface area contributed by atoms with Crippen LogP contribution in [-0.4, -0.2) is 34.7 Å². The van der Waals surface area contributed by atoms with Gasteiger partial charge in [0.25, 0.3) is 0 Å². The average Bonchev–Trinajstić information content (AvgIpc) is 3.39. The number of nitrogens with zero attached hydrogens (tertiary/aromatic N) is 4. The molecule has 4 rings (SSSR count). The summed E-state index contributed by atoms with van der Waals surface area (Å²) >= 11 is 0. The van der Waals surface area contributed by atoms with E-state index < -0.39 is 6.61 Å². The molecular formula is C21H21F2N5O. The van der Waals surface area contributed by atoms with Gasteiger partial charge in [-0.1, -0.05) is 25.1 Å². The van der Waals surface area contributed by atoms with Crippen LogP contribution in [0, 0.1) is 0 Å². The van der Waals surface area contributed by atoms with Crippen molar-refractivity contribution in [1.82, 2.24) is 15.1 Å². The molecule has 1 aliphatic heterocycles. The summed E-state index contributed by atoms with van der Waals surface area (Å²) in [6.07, 6.45) is 6.36. The Kier molecular flexibility index (Phi) is 5.41. The first-order chi connectivity index (χ1) is 14.1. The number of hydrogen-bond donors (Lipinski definition) is 1. The van der Waals surface area contributed by atoms with Crippen LogP contribution in [0.3, 0.4) is 0 Å². The molecule has 0 spiro atoms. The third-order valence-corrected chi connectivity index (χ3v) is 4.76. The van der Waals surface area contributed by atoms with E-state index in [1.807, 2.05) is 34.4 Å². The summed E-state index contributed by atoms with van der Waals surface area (Å²) in [5.74, 6) is 0.160. The van der Waals surface area contributed by atoms with Crippen molar-refractivity contribution in [2.75, 3.05) is 11.7 Å². The number of aryl methyl sites for hydroxylation is 1. The molecule has 0 fully saturated rings. The molecule has 0 unspecified atom stereocenters. The number of hydrogen-bond acceptors (Lipinski definition) is 5. The molecule has 29 heavy (non-hydrogen) atoms. The molecule has 6 nitrogen and oxygen atoms in total. The molecule has 1 aliphatic rings. The number of anilines is 1. The highest BCUT2D eigenvalue weighted by Gasteiger charge is 2.17. The molecule has 8 heteroatoms. The van der Waals surface area contributed by atoms with Gasteiger partial charge in [-0.2, -0.15) is 19.0 Å². The minimum absolute atomic E-state index is 0.160. The highest BCUT2D eigenvalue weighted by molar-refractivity contribution is 5.71. The average molecular weight is 397 g/mol. The third kappa shape index (κ3) is 4.37. The minimum Gasteiger partial charge on any atom is -0.435 e. The van der Waals surface area contributed by atoms with Crippen molar-refractivity contribution in [3.8, 4) is 16.9 Å². The molecule has 2 aromatic carbocycles. The normalized spacial score (nSPS) is 13.5. The lowest BCUT2D eigenvalue weighted by Gasteiger charge is -2.20. The van der Waals surface area contributed by atoms with E-state index in [1.165, 1.54) is 11.6 Å². The van der Waals surface area contributed by atoms with E-state index in [0.29, 0.717) is 13.2 Å². The van der Waals surface area contributed by atoms with Gasteiger partial charge in [0.1, 0.15) is 18.8 Å². The summed E-state index contributed by atoms with van der Waals surface area (Å²) in [7, 11) is 0. The van der Waals surface area contributed by atoms with Crippen molar-refractivity contribution in [3.05, 3.63) is 66.0 Å². The Morgan fingerprint density at radius 2 is 2.10 bits per heavy atom. The number of nitrogens with one attached hydrogen (secondary N) is 1. The van der Waals surface area contributed by atoms with Gasteiger partial charge in [0.05, 0.1) is 11.9 Å². The second-order valence-corrected chi connectivity index (χ2v) is 6.73. The fourth-order valence-corrected chi connectivity index (χ4v) is 3.39. The van der Waals surface area contributed by atoms with Crippen LogP contribution in [0.4, 0.5) is 14.5 Å². The van der Waals surface area contributed by atoms with Crippen LogP contribution in [-0.2, 0) is 13.0 Å². The Balaban J connectivity index is 1.44. The molecule has 0 radical (unpaired) electrons. The van der Waals surface area contributed by atoms with Gasteiger partial charge >= 0.3 is 6.61 Å². The summed E-state index contributed by atoms with van der Waals surface area (Å²) in [5.41, 5.74) is 5.31. The van der Waals surface area contributed by atoms with Crippen molar-refractivity contribution < 1.29 is 13.5 Å². The predicted octanol–water partition coefficient (Wildman–Crippen LogP) is 4.46. The second kappa shape index (κ2) is 8.30. The van der Waals surface area contributed by atoms with E-state index >= 15 is 0 Å². The molecule has 150 valence electrons. The SMILES string of the molecule is CCc1cc(N2CN(Cc3cccc(OC(F)F)c3)C=N2)ccc1-c1cn[nH]c1. The van der Waals surface area contributed by atoms with Gasteiger partial charge in [-0.05, 0) is 47.4 Å². The Morgan fingerprint density at radius 1 is 1.21 bits per heavy atom. The van der Waals surface area contributed by atoms with Crippen LogP contribution in [0.5, 0.6) is 5.75 Å². The standard InChI is InChI=1S/C21H21F2N5O/c1-2-16-9-18(6-7-20(16)17-10-24-25-11-17)28-14-27(13-26-28)12-15-4-3-5-19(8-15)29-21(22)23/h3-11,13,21H,2,12,14H2,1H3,(H,24,25). The van der Waals surface area contributed by atoms with Crippen LogP contribution >= 0.6 is 0 Å². The first kappa shape index (κ1) is 18.9. The van der Waals surface area contributed by atoms with Crippen LogP contribution < -0.4 is 9.75 Å². The Hall–Kier alpha value is -3.42. The monoisotopic (exact) mass is 397 g/mol. The van der Waals surface area contributed by atoms with Crippen LogP contribution in [0.1, 0.15) is 18.1 Å². The van der Waals surface area contributed by atoms with Crippen molar-refractivity contribution in [2.24, 2.45) is 5.10 Å². The highest BCUT2D eigenvalue weighted by Crippen LogP contribution is 2.29. The van der Waals surface area contributed by atoms with Gasteiger partial charge in [0, 0.05) is 18.3 Å². The maximum Gasteiger partial charge on any atom is 0.387 e. The van der Waals surface area contributed by atoms with E-state index in [2.05, 4.69) is 39.1 Å². The van der Waals surface area contributed by atoms with Gasteiger partial charge in [0.2, 0.25) is 0 Å². The molecule has 0 amide bonds. The van der Waals surface area contributed by atoms with Crippen molar-refractivity contribution in [2.45, 2.75) is 26.5 Å². The maximum atomic E-state index is 12.4. The molecule has 0 aliphatic carbocycles. The van der Waals surface area contributed by atoms with Gasteiger partial charge < -0.3 is 9.64 Å². The lowest BCUT2D eigenvalue weighted by atomic mass is 10.00. The van der Waals surface area contributed by atoms with Gasteiger partial charge in [-0.15, -0.1) is 0 Å². The lowest BCUT2D eigenvalue weighted by Crippen LogP contribution is -2.26. The molecule has 0 atom stereocenters. The zero-order valence-corrected chi connectivity index (χ0v) is 15.9. The van der Waals surface area contributed by atoms with Crippen LogP contribution in [0.25, 0.3) is 11.1 Å². The summed E-state index contributed by atoms with van der Waals surface area (Å²) < 4.78 is 29.3. The molecule has 3 aromatic rings. The summed E-state index contributed by atoms with van der Waals surface area (Å²) in [6.45, 7) is 0.422. The molecule has 2 heterocycles. The molecule has 0 saturated heterocycles. The zero-order chi connectivity index (χ0) is 20.2. The molecule has 1 aromatic heterocycles. The topological polar surface area (TPSA) is 56.8 Å². The Bertz CT molecular complexity index is 990. The number of rotatable bonds is 7. The second-order valence-electron chi connectivity index (χ2n) is 6.73. The Labute approximate surface area is 167 Å². The van der Waals surface area contributed by atoms with Gasteiger partial charge in [-0.25, -0.2) is 5.01 Å². The number of benzene rings is 2. The van der Waals surface area contributed by atoms with Gasteiger partial charge in [-0.3, -0.25) is 5.10 Å². The molecular weight excluding hydrogens is 376 g/mol. The first-order valence-electron chi connectivity index (χ1n) is 9.34. The quantitative estimate of drug-likeness (QED) is 0.639. The van der Waals surface area contributed by atoms with Crippen molar-refractivity contribution >= 4 is 12.0 Å². The zero-order valence-electron chi connectivity index (χ0n) is 15.9. The van der Waals surface area contributed by atoms with Crippen LogP contribution in [0.15, 0.2) is 60.0 Å². The fraction of sp³-hybridized carbons (Fsp3) is 0.238. The van der Waals surface area contributed by atoms with Crippen molar-refractivity contribution in [3.63, 3.8) is 0 Å². The van der Waals surface area contributed by atoms with E-state index in [9.17, 15) is 8.78 Å². The summed E-state index contributed by atoms with van der Waals surface area (Å²) in [4.78, 5) is 2.01. The maximum absolute atomic E-state index is 12.4. The predicted molar refractivity (Wildman–Crippen MR) is 108 cm³/mol. The number of halogens is 2. The number of alkyl halides is 2. The smallest absolute Gasteiger partial charge is 0.387 e. The van der Waals surface area contributed by atoms with Gasteiger partial charge in [0.15, 0.2) is 0 Å². The largest absolute Gasteiger partial charge is 0.435 e. The number of aromatic amines is 1. The fourth-order valence-electron chi connectivity index (χ4n) is 3.39. The number of hydrazone groups is 1. The van der Waals surface area contributed by atoms with E-state index in [-0.39, 0.29) is 5.75 Å². The third-order valence-electron chi connectivity index (χ3n) is 4.76. The number of H-pyrrole nitrogens is 1. The molecule has 0 bridgehead atoms. The minimum atomic E-state index is -2.83. The number of aromatic nitrogens is 2. The first-order valence-corrected chi connectivity index (χ1v) is 9.34. The highest BCUT2D eigenvalue weighted by atomic mass is 19.3. The lowest BCUT2D eigenvalue weighted by molar-refractivity contribution is -0.0498. The van der Waals surface area contributed by atoms with Crippen molar-refractivity contribution in [1.29, 1.82) is 0 Å². The van der Waals surface area contributed by atoms with E-state index in [1.54, 1.807) is 18.5 Å². The molecule has 1 N–H and O–H groups in total. The summed E-state index contributed by atoms with van der Waals surface area (Å²) in [5, 5.41) is 13.3. The van der Waals surface area contributed by atoms with E-state index in [0.717, 1.165) is 28.8 Å². The molecule has 0 saturated carbocycles. The number of ether oxygens (including phenoxy) is 1.